The maximum atomic E-state index is 12.5. The zero-order valence-corrected chi connectivity index (χ0v) is 12.9. The van der Waals surface area contributed by atoms with Gasteiger partial charge in [0.1, 0.15) is 0 Å². The van der Waals surface area contributed by atoms with Crippen LogP contribution in [0.3, 0.4) is 0 Å². The highest BCUT2D eigenvalue weighted by Gasteiger charge is 2.18. The van der Waals surface area contributed by atoms with Crippen LogP contribution in [0.5, 0.6) is 0 Å². The number of carbonyl (C=O) groups excluding carboxylic acids is 1. The Bertz CT molecular complexity index is 631. The second-order valence-electron chi connectivity index (χ2n) is 4.77. The molecule has 0 amide bonds. The second kappa shape index (κ2) is 6.23. The Kier molecular flexibility index (Phi) is 4.61. The lowest BCUT2D eigenvalue weighted by Crippen LogP contribution is -2.11. The summed E-state index contributed by atoms with van der Waals surface area (Å²) < 4.78 is 1.81. The van der Waals surface area contributed by atoms with E-state index in [0.717, 1.165) is 28.9 Å². The minimum Gasteiger partial charge on any atom is -0.294 e. The first-order valence-electron chi connectivity index (χ1n) is 6.91. The van der Waals surface area contributed by atoms with Gasteiger partial charge in [-0.15, -0.1) is 0 Å². The van der Waals surface area contributed by atoms with Crippen molar-refractivity contribution in [2.45, 2.75) is 40.2 Å². The van der Waals surface area contributed by atoms with E-state index in [1.54, 1.807) is 0 Å². The standard InChI is InChI=1S/C16H19ClN2O/c1-4-12-8-6-7-9-13(12)15(20)10-14-16(17)11(3)18-19(14)5-2/h6-9H,4-5,10H2,1-3H3. The molecule has 1 heterocycles. The molecule has 1 aromatic heterocycles. The lowest BCUT2D eigenvalue weighted by Gasteiger charge is -2.08. The first-order valence-corrected chi connectivity index (χ1v) is 7.29. The first kappa shape index (κ1) is 14.8. The average Bonchev–Trinajstić information content (AvgIpc) is 2.74. The predicted molar refractivity (Wildman–Crippen MR) is 81.5 cm³/mol. The topological polar surface area (TPSA) is 34.9 Å². The fourth-order valence-electron chi connectivity index (χ4n) is 2.39. The van der Waals surface area contributed by atoms with Crippen molar-refractivity contribution in [1.82, 2.24) is 9.78 Å². The number of benzene rings is 1. The van der Waals surface area contributed by atoms with Crippen molar-refractivity contribution >= 4 is 17.4 Å². The van der Waals surface area contributed by atoms with Crippen LogP contribution in [0, 0.1) is 6.92 Å². The number of ketones is 1. The number of hydrogen-bond acceptors (Lipinski definition) is 2. The highest BCUT2D eigenvalue weighted by Crippen LogP contribution is 2.22. The van der Waals surface area contributed by atoms with Crippen LogP contribution < -0.4 is 0 Å². The van der Waals surface area contributed by atoms with Crippen molar-refractivity contribution in [2.75, 3.05) is 0 Å². The Labute approximate surface area is 124 Å². The summed E-state index contributed by atoms with van der Waals surface area (Å²) in [5, 5.41) is 4.96. The van der Waals surface area contributed by atoms with Gasteiger partial charge in [-0.2, -0.15) is 5.10 Å². The zero-order chi connectivity index (χ0) is 14.7. The van der Waals surface area contributed by atoms with Crippen LogP contribution in [-0.2, 0) is 19.4 Å². The second-order valence-corrected chi connectivity index (χ2v) is 5.15. The first-order chi connectivity index (χ1) is 9.58. The molecule has 0 aliphatic carbocycles. The Morgan fingerprint density at radius 1 is 1.30 bits per heavy atom. The Balaban J connectivity index is 2.33. The number of aryl methyl sites for hydroxylation is 3. The fraction of sp³-hybridized carbons (Fsp3) is 0.375. The van der Waals surface area contributed by atoms with Crippen molar-refractivity contribution in [1.29, 1.82) is 0 Å². The predicted octanol–water partition coefficient (Wildman–Crippen LogP) is 3.85. The summed E-state index contributed by atoms with van der Waals surface area (Å²) in [5.41, 5.74) is 3.45. The van der Waals surface area contributed by atoms with E-state index in [-0.39, 0.29) is 5.78 Å². The van der Waals surface area contributed by atoms with Crippen molar-refractivity contribution in [3.63, 3.8) is 0 Å². The van der Waals surface area contributed by atoms with Crippen molar-refractivity contribution in [3.05, 3.63) is 51.8 Å². The molecule has 0 N–H and O–H groups in total. The van der Waals surface area contributed by atoms with Crippen LogP contribution in [0.4, 0.5) is 0 Å². The van der Waals surface area contributed by atoms with E-state index in [1.165, 1.54) is 0 Å². The molecule has 0 unspecified atom stereocenters. The van der Waals surface area contributed by atoms with Gasteiger partial charge in [-0.3, -0.25) is 9.48 Å². The molecular formula is C16H19ClN2O. The van der Waals surface area contributed by atoms with Crippen molar-refractivity contribution in [2.24, 2.45) is 0 Å². The van der Waals surface area contributed by atoms with Crippen LogP contribution in [0.2, 0.25) is 5.02 Å². The van der Waals surface area contributed by atoms with Crippen molar-refractivity contribution < 1.29 is 4.79 Å². The van der Waals surface area contributed by atoms with E-state index in [1.807, 2.05) is 42.8 Å². The highest BCUT2D eigenvalue weighted by molar-refractivity contribution is 6.32. The molecule has 0 aliphatic rings. The average molecular weight is 291 g/mol. The van der Waals surface area contributed by atoms with Gasteiger partial charge in [0.15, 0.2) is 5.78 Å². The van der Waals surface area contributed by atoms with Gasteiger partial charge in [-0.1, -0.05) is 42.8 Å². The lowest BCUT2D eigenvalue weighted by molar-refractivity contribution is 0.0989. The molecule has 0 atom stereocenters. The van der Waals surface area contributed by atoms with Crippen LogP contribution >= 0.6 is 11.6 Å². The summed E-state index contributed by atoms with van der Waals surface area (Å²) in [7, 11) is 0. The normalized spacial score (nSPS) is 10.8. The maximum absolute atomic E-state index is 12.5. The lowest BCUT2D eigenvalue weighted by atomic mass is 9.99. The Morgan fingerprint density at radius 3 is 2.65 bits per heavy atom. The van der Waals surface area contributed by atoms with E-state index < -0.39 is 0 Å². The molecule has 0 saturated carbocycles. The summed E-state index contributed by atoms with van der Waals surface area (Å²) in [4.78, 5) is 12.5. The summed E-state index contributed by atoms with van der Waals surface area (Å²) in [6, 6.07) is 7.74. The van der Waals surface area contributed by atoms with Crippen molar-refractivity contribution in [3.8, 4) is 0 Å². The number of halogens is 1. The number of aromatic nitrogens is 2. The van der Waals surface area contributed by atoms with Crippen LogP contribution in [-0.4, -0.2) is 15.6 Å². The summed E-state index contributed by atoms with van der Waals surface area (Å²) >= 11 is 6.26. The Hall–Kier alpha value is -1.61. The smallest absolute Gasteiger partial charge is 0.169 e. The number of nitrogens with zero attached hydrogens (tertiary/aromatic N) is 2. The van der Waals surface area contributed by atoms with Gasteiger partial charge in [0.2, 0.25) is 0 Å². The largest absolute Gasteiger partial charge is 0.294 e. The van der Waals surface area contributed by atoms with Gasteiger partial charge < -0.3 is 0 Å². The van der Waals surface area contributed by atoms with E-state index in [9.17, 15) is 4.79 Å². The molecule has 20 heavy (non-hydrogen) atoms. The van der Waals surface area contributed by atoms with Crippen LogP contribution in [0.1, 0.15) is 41.2 Å². The minimum atomic E-state index is 0.0963. The minimum absolute atomic E-state index is 0.0963. The third-order valence-electron chi connectivity index (χ3n) is 3.48. The summed E-state index contributed by atoms with van der Waals surface area (Å²) in [6.07, 6.45) is 1.15. The van der Waals surface area contributed by atoms with Gasteiger partial charge in [0.05, 0.1) is 22.8 Å². The van der Waals surface area contributed by atoms with Crippen LogP contribution in [0.15, 0.2) is 24.3 Å². The number of Topliss-reactive ketones (excluding diaryl/α,β-unsaturated/α-hetero) is 1. The zero-order valence-electron chi connectivity index (χ0n) is 12.1. The molecule has 4 heteroatoms. The third kappa shape index (κ3) is 2.78. The molecule has 106 valence electrons. The molecule has 0 fully saturated rings. The number of hydrogen-bond donors (Lipinski definition) is 0. The van der Waals surface area contributed by atoms with E-state index >= 15 is 0 Å². The molecule has 0 aliphatic heterocycles. The van der Waals surface area contributed by atoms with Gasteiger partial charge in [-0.25, -0.2) is 0 Å². The SMILES string of the molecule is CCc1ccccc1C(=O)Cc1c(Cl)c(C)nn1CC. The van der Waals surface area contributed by atoms with Gasteiger partial charge in [0, 0.05) is 12.1 Å². The van der Waals surface area contributed by atoms with E-state index in [2.05, 4.69) is 12.0 Å². The highest BCUT2D eigenvalue weighted by atomic mass is 35.5. The molecule has 2 rings (SSSR count). The monoisotopic (exact) mass is 290 g/mol. The molecular weight excluding hydrogens is 272 g/mol. The van der Waals surface area contributed by atoms with Crippen LogP contribution in [0.25, 0.3) is 0 Å². The van der Waals surface area contributed by atoms with E-state index in [0.29, 0.717) is 18.0 Å². The maximum Gasteiger partial charge on any atom is 0.169 e. The molecule has 0 saturated heterocycles. The quantitative estimate of drug-likeness (QED) is 0.784. The molecule has 0 bridgehead atoms. The molecule has 2 aromatic rings. The molecule has 0 spiro atoms. The van der Waals surface area contributed by atoms with Gasteiger partial charge in [-0.05, 0) is 25.8 Å². The van der Waals surface area contributed by atoms with Gasteiger partial charge in [0.25, 0.3) is 0 Å². The molecule has 3 nitrogen and oxygen atoms in total. The summed E-state index contributed by atoms with van der Waals surface area (Å²) in [5.74, 6) is 0.0963. The van der Waals surface area contributed by atoms with Gasteiger partial charge >= 0.3 is 0 Å². The molecule has 0 radical (unpaired) electrons. The molecule has 1 aromatic carbocycles. The number of rotatable bonds is 5. The Morgan fingerprint density at radius 2 is 2.00 bits per heavy atom. The fourth-order valence-corrected chi connectivity index (χ4v) is 2.59. The summed E-state index contributed by atoms with van der Waals surface area (Å²) in [6.45, 7) is 6.63. The van der Waals surface area contributed by atoms with E-state index in [4.69, 9.17) is 11.6 Å². The number of carbonyl (C=O) groups is 1. The third-order valence-corrected chi connectivity index (χ3v) is 3.97.